The standard InChI is InChI=1S/C26H42N2O5/c1-2-3-4-5-6-7-8-9-10-11-12-13-14-15-16-17-21-32-24(30)22-28-26(31)33-25-23(29)19-18-20-27-25/h9-10,18-20,29H,2-8,11-17,21-22H2,1H3,(H,28,31)/b10-9-. The number of allylic oxidation sites excluding steroid dienone is 2. The molecule has 7 heteroatoms. The molecule has 1 amide bonds. The summed E-state index contributed by atoms with van der Waals surface area (Å²) in [5.41, 5.74) is 0. The number of pyridine rings is 1. The smallest absolute Gasteiger partial charge is 0.414 e. The highest BCUT2D eigenvalue weighted by molar-refractivity contribution is 5.78. The van der Waals surface area contributed by atoms with Crippen LogP contribution in [-0.4, -0.2) is 35.3 Å². The van der Waals surface area contributed by atoms with Gasteiger partial charge in [0.15, 0.2) is 5.75 Å². The summed E-state index contributed by atoms with van der Waals surface area (Å²) in [6.45, 7) is 2.31. The van der Waals surface area contributed by atoms with Crippen LogP contribution >= 0.6 is 0 Å². The van der Waals surface area contributed by atoms with Gasteiger partial charge >= 0.3 is 12.1 Å². The van der Waals surface area contributed by atoms with Gasteiger partial charge in [0.2, 0.25) is 0 Å². The van der Waals surface area contributed by atoms with E-state index in [4.69, 9.17) is 9.47 Å². The largest absolute Gasteiger partial charge is 0.503 e. The molecule has 1 rings (SSSR count). The summed E-state index contributed by atoms with van der Waals surface area (Å²) in [6, 6.07) is 2.85. The SMILES string of the molecule is CCCCCCCC/C=C\CCCCCCCCOC(=O)CNC(=O)Oc1ncccc1O. The number of nitrogens with one attached hydrogen (secondary N) is 1. The van der Waals surface area contributed by atoms with E-state index in [0.29, 0.717) is 6.61 Å². The quantitative estimate of drug-likeness (QED) is 0.139. The molecule has 0 unspecified atom stereocenters. The van der Waals surface area contributed by atoms with Gasteiger partial charge in [0.25, 0.3) is 5.88 Å². The van der Waals surface area contributed by atoms with Crippen molar-refractivity contribution in [1.82, 2.24) is 10.3 Å². The summed E-state index contributed by atoms with van der Waals surface area (Å²) in [5.74, 6) is -0.993. The number of amides is 1. The van der Waals surface area contributed by atoms with Crippen molar-refractivity contribution in [2.45, 2.75) is 96.8 Å². The molecule has 0 aliphatic rings. The average molecular weight is 463 g/mol. The molecule has 186 valence electrons. The Labute approximate surface area is 199 Å². The maximum atomic E-state index is 11.7. The van der Waals surface area contributed by atoms with E-state index in [0.717, 1.165) is 19.3 Å². The van der Waals surface area contributed by atoms with Crippen molar-refractivity contribution in [3.05, 3.63) is 30.5 Å². The summed E-state index contributed by atoms with van der Waals surface area (Å²) >= 11 is 0. The molecular formula is C26H42N2O5. The third-order valence-electron chi connectivity index (χ3n) is 5.24. The second kappa shape index (κ2) is 20.1. The Morgan fingerprint density at radius 1 is 0.939 bits per heavy atom. The zero-order valence-corrected chi connectivity index (χ0v) is 20.2. The number of hydrogen-bond acceptors (Lipinski definition) is 6. The number of carbonyl (C=O) groups excluding carboxylic acids is 2. The maximum Gasteiger partial charge on any atom is 0.414 e. The molecule has 7 nitrogen and oxygen atoms in total. The Kier molecular flexibility index (Phi) is 17.3. The highest BCUT2D eigenvalue weighted by atomic mass is 16.6. The van der Waals surface area contributed by atoms with Crippen LogP contribution in [-0.2, 0) is 9.53 Å². The van der Waals surface area contributed by atoms with E-state index in [2.05, 4.69) is 29.4 Å². The molecule has 0 aliphatic carbocycles. The lowest BCUT2D eigenvalue weighted by atomic mass is 10.1. The molecule has 0 fully saturated rings. The van der Waals surface area contributed by atoms with E-state index in [9.17, 15) is 14.7 Å². The number of unbranched alkanes of at least 4 members (excludes halogenated alkanes) is 12. The van der Waals surface area contributed by atoms with Gasteiger partial charge < -0.3 is 19.9 Å². The van der Waals surface area contributed by atoms with Crippen molar-refractivity contribution in [2.75, 3.05) is 13.2 Å². The molecule has 0 radical (unpaired) electrons. The van der Waals surface area contributed by atoms with Crippen molar-refractivity contribution in [3.8, 4) is 11.6 Å². The first-order chi connectivity index (χ1) is 16.1. The molecule has 0 saturated heterocycles. The van der Waals surface area contributed by atoms with Crippen LogP contribution in [0.3, 0.4) is 0 Å². The number of rotatable bonds is 19. The number of aromatic nitrogens is 1. The minimum atomic E-state index is -0.877. The van der Waals surface area contributed by atoms with Crippen molar-refractivity contribution in [1.29, 1.82) is 0 Å². The summed E-state index contributed by atoms with van der Waals surface area (Å²) in [6.07, 6.45) is 22.3. The van der Waals surface area contributed by atoms with E-state index >= 15 is 0 Å². The van der Waals surface area contributed by atoms with Crippen LogP contribution < -0.4 is 10.1 Å². The number of nitrogens with zero attached hydrogens (tertiary/aromatic N) is 1. The van der Waals surface area contributed by atoms with E-state index in [-0.39, 0.29) is 18.2 Å². The lowest BCUT2D eigenvalue weighted by molar-refractivity contribution is -0.142. The summed E-state index contributed by atoms with van der Waals surface area (Å²) in [7, 11) is 0. The monoisotopic (exact) mass is 462 g/mol. The van der Waals surface area contributed by atoms with Crippen LogP contribution in [0.1, 0.15) is 96.8 Å². The zero-order valence-electron chi connectivity index (χ0n) is 20.2. The highest BCUT2D eigenvalue weighted by Gasteiger charge is 2.11. The van der Waals surface area contributed by atoms with E-state index in [1.54, 1.807) is 0 Å². The fourth-order valence-electron chi connectivity index (χ4n) is 3.32. The minimum Gasteiger partial charge on any atom is -0.503 e. The van der Waals surface area contributed by atoms with Crippen molar-refractivity contribution in [2.24, 2.45) is 0 Å². The average Bonchev–Trinajstić information content (AvgIpc) is 2.81. The topological polar surface area (TPSA) is 97.8 Å². The normalized spacial score (nSPS) is 10.9. The Balaban J connectivity index is 1.86. The van der Waals surface area contributed by atoms with Crippen LogP contribution in [0.5, 0.6) is 11.6 Å². The first-order valence-electron chi connectivity index (χ1n) is 12.5. The Morgan fingerprint density at radius 3 is 2.18 bits per heavy atom. The van der Waals surface area contributed by atoms with E-state index < -0.39 is 12.1 Å². The lowest BCUT2D eigenvalue weighted by Gasteiger charge is -2.07. The molecule has 0 aromatic carbocycles. The Hall–Kier alpha value is -2.57. The zero-order chi connectivity index (χ0) is 24.0. The summed E-state index contributed by atoms with van der Waals surface area (Å²) < 4.78 is 9.91. The van der Waals surface area contributed by atoms with Crippen molar-refractivity contribution >= 4 is 12.1 Å². The molecule has 2 N–H and O–H groups in total. The highest BCUT2D eigenvalue weighted by Crippen LogP contribution is 2.20. The van der Waals surface area contributed by atoms with Crippen LogP contribution in [0, 0.1) is 0 Å². The van der Waals surface area contributed by atoms with Gasteiger partial charge in [0.05, 0.1) is 6.61 Å². The van der Waals surface area contributed by atoms with Crippen LogP contribution in [0.2, 0.25) is 0 Å². The second-order valence-corrected chi connectivity index (χ2v) is 8.23. The van der Waals surface area contributed by atoms with Gasteiger partial charge in [-0.2, -0.15) is 0 Å². The summed E-state index contributed by atoms with van der Waals surface area (Å²) in [4.78, 5) is 27.0. The number of carbonyl (C=O) groups is 2. The van der Waals surface area contributed by atoms with Crippen LogP contribution in [0.15, 0.2) is 30.5 Å². The predicted octanol–water partition coefficient (Wildman–Crippen LogP) is 6.46. The first kappa shape index (κ1) is 28.5. The summed E-state index contributed by atoms with van der Waals surface area (Å²) in [5, 5.41) is 11.8. The predicted molar refractivity (Wildman–Crippen MR) is 130 cm³/mol. The van der Waals surface area contributed by atoms with Crippen molar-refractivity contribution in [3.63, 3.8) is 0 Å². The molecule has 0 atom stereocenters. The maximum absolute atomic E-state index is 11.7. The van der Waals surface area contributed by atoms with E-state index in [1.165, 1.54) is 89.0 Å². The minimum absolute atomic E-state index is 0.215. The molecule has 1 aromatic rings. The molecule has 1 aromatic heterocycles. The van der Waals surface area contributed by atoms with Gasteiger partial charge in [-0.1, -0.05) is 76.9 Å². The van der Waals surface area contributed by atoms with Gasteiger partial charge in [0.1, 0.15) is 6.54 Å². The molecule has 0 bridgehead atoms. The molecule has 33 heavy (non-hydrogen) atoms. The number of aromatic hydroxyl groups is 1. The third-order valence-corrected chi connectivity index (χ3v) is 5.24. The Morgan fingerprint density at radius 2 is 1.55 bits per heavy atom. The fraction of sp³-hybridized carbons (Fsp3) is 0.654. The van der Waals surface area contributed by atoms with Crippen molar-refractivity contribution < 1.29 is 24.2 Å². The number of esters is 1. The lowest BCUT2D eigenvalue weighted by Crippen LogP contribution is -2.33. The Bertz CT molecular complexity index is 678. The number of ether oxygens (including phenoxy) is 2. The molecule has 0 saturated carbocycles. The first-order valence-corrected chi connectivity index (χ1v) is 12.5. The van der Waals surface area contributed by atoms with Gasteiger partial charge in [-0.15, -0.1) is 0 Å². The van der Waals surface area contributed by atoms with Crippen LogP contribution in [0.4, 0.5) is 4.79 Å². The van der Waals surface area contributed by atoms with Gasteiger partial charge in [-0.25, -0.2) is 9.78 Å². The molecule has 0 aliphatic heterocycles. The molecule has 0 spiro atoms. The van der Waals surface area contributed by atoms with Gasteiger partial charge in [-0.3, -0.25) is 4.79 Å². The van der Waals surface area contributed by atoms with Gasteiger partial charge in [-0.05, 0) is 44.2 Å². The van der Waals surface area contributed by atoms with Gasteiger partial charge in [0, 0.05) is 6.20 Å². The molecular weight excluding hydrogens is 420 g/mol. The van der Waals surface area contributed by atoms with Crippen LogP contribution in [0.25, 0.3) is 0 Å². The third kappa shape index (κ3) is 16.7. The molecule has 1 heterocycles. The van der Waals surface area contributed by atoms with E-state index in [1.807, 2.05) is 0 Å². The second-order valence-electron chi connectivity index (χ2n) is 8.23. The fourth-order valence-corrected chi connectivity index (χ4v) is 3.32. The number of hydrogen-bond donors (Lipinski definition) is 2.